The van der Waals surface area contributed by atoms with Crippen molar-refractivity contribution < 1.29 is 9.53 Å². The Balaban J connectivity index is 1.94. The van der Waals surface area contributed by atoms with Crippen LogP contribution in [0.15, 0.2) is 17.5 Å². The first-order valence-electron chi connectivity index (χ1n) is 5.91. The van der Waals surface area contributed by atoms with Gasteiger partial charge in [0, 0.05) is 18.0 Å². The second kappa shape index (κ2) is 6.14. The Morgan fingerprint density at radius 1 is 1.65 bits per heavy atom. The maximum Gasteiger partial charge on any atom is 0.236 e. The molecule has 1 amide bonds. The molecule has 2 heterocycles. The average molecular weight is 254 g/mol. The SMILES string of the molecule is NCC(=O)N(Cc1cccs1)CC1CCCO1. The highest BCUT2D eigenvalue weighted by Gasteiger charge is 2.22. The van der Waals surface area contributed by atoms with Gasteiger partial charge in [-0.1, -0.05) is 6.07 Å². The van der Waals surface area contributed by atoms with Gasteiger partial charge in [-0.3, -0.25) is 4.79 Å². The van der Waals surface area contributed by atoms with Crippen molar-refractivity contribution in [2.75, 3.05) is 19.7 Å². The number of carbonyl (C=O) groups excluding carboxylic acids is 1. The van der Waals surface area contributed by atoms with Crippen LogP contribution in [0.5, 0.6) is 0 Å². The largest absolute Gasteiger partial charge is 0.376 e. The number of nitrogens with zero attached hydrogens (tertiary/aromatic N) is 1. The molecule has 1 saturated heterocycles. The molecule has 1 aromatic heterocycles. The van der Waals surface area contributed by atoms with E-state index in [0.717, 1.165) is 19.4 Å². The fraction of sp³-hybridized carbons (Fsp3) is 0.583. The molecule has 1 atom stereocenters. The molecule has 1 unspecified atom stereocenters. The second-order valence-electron chi connectivity index (χ2n) is 4.19. The number of amides is 1. The minimum Gasteiger partial charge on any atom is -0.376 e. The van der Waals surface area contributed by atoms with Gasteiger partial charge in [0.1, 0.15) is 0 Å². The Morgan fingerprint density at radius 3 is 3.12 bits per heavy atom. The van der Waals surface area contributed by atoms with E-state index in [-0.39, 0.29) is 18.6 Å². The van der Waals surface area contributed by atoms with Gasteiger partial charge in [-0.2, -0.15) is 0 Å². The molecule has 2 N–H and O–H groups in total. The van der Waals surface area contributed by atoms with Crippen LogP contribution in [0.25, 0.3) is 0 Å². The highest BCUT2D eigenvalue weighted by atomic mass is 32.1. The van der Waals surface area contributed by atoms with Crippen LogP contribution in [0.1, 0.15) is 17.7 Å². The van der Waals surface area contributed by atoms with E-state index in [2.05, 4.69) is 0 Å². The van der Waals surface area contributed by atoms with Crippen LogP contribution in [0.2, 0.25) is 0 Å². The summed E-state index contributed by atoms with van der Waals surface area (Å²) in [6, 6.07) is 4.04. The number of hydrogen-bond acceptors (Lipinski definition) is 4. The number of rotatable bonds is 5. The van der Waals surface area contributed by atoms with Crippen molar-refractivity contribution in [3.63, 3.8) is 0 Å². The van der Waals surface area contributed by atoms with Crippen molar-refractivity contribution in [3.8, 4) is 0 Å². The molecule has 1 fully saturated rings. The van der Waals surface area contributed by atoms with Crippen molar-refractivity contribution in [3.05, 3.63) is 22.4 Å². The lowest BCUT2D eigenvalue weighted by Crippen LogP contribution is -2.40. The molecule has 4 nitrogen and oxygen atoms in total. The van der Waals surface area contributed by atoms with E-state index in [0.29, 0.717) is 13.1 Å². The zero-order valence-electron chi connectivity index (χ0n) is 9.80. The van der Waals surface area contributed by atoms with Crippen LogP contribution in [0.3, 0.4) is 0 Å². The molecular weight excluding hydrogens is 236 g/mol. The summed E-state index contributed by atoms with van der Waals surface area (Å²) in [6.45, 7) is 2.19. The summed E-state index contributed by atoms with van der Waals surface area (Å²) < 4.78 is 5.57. The first-order chi connectivity index (χ1) is 8.29. The van der Waals surface area contributed by atoms with E-state index in [1.165, 1.54) is 4.88 Å². The Morgan fingerprint density at radius 2 is 2.53 bits per heavy atom. The lowest BCUT2D eigenvalue weighted by Gasteiger charge is -2.24. The third-order valence-electron chi connectivity index (χ3n) is 2.90. The standard InChI is InChI=1S/C12H18N2O2S/c13-7-12(15)14(8-10-3-1-5-16-10)9-11-4-2-6-17-11/h2,4,6,10H,1,3,5,7-9,13H2. The quantitative estimate of drug-likeness (QED) is 0.859. The van der Waals surface area contributed by atoms with Gasteiger partial charge in [-0.05, 0) is 24.3 Å². The first kappa shape index (κ1) is 12.5. The average Bonchev–Trinajstić information content (AvgIpc) is 3.00. The van der Waals surface area contributed by atoms with Crippen LogP contribution in [0.4, 0.5) is 0 Å². The van der Waals surface area contributed by atoms with Gasteiger partial charge in [-0.25, -0.2) is 0 Å². The molecule has 0 aliphatic carbocycles. The third-order valence-corrected chi connectivity index (χ3v) is 3.76. The molecule has 0 spiro atoms. The number of nitrogens with two attached hydrogens (primary N) is 1. The normalized spacial score (nSPS) is 19.5. The summed E-state index contributed by atoms with van der Waals surface area (Å²) in [5.74, 6) is -0.00565. The van der Waals surface area contributed by atoms with Crippen molar-refractivity contribution in [2.45, 2.75) is 25.5 Å². The lowest BCUT2D eigenvalue weighted by molar-refractivity contribution is -0.131. The molecule has 1 aromatic rings. The topological polar surface area (TPSA) is 55.6 Å². The predicted molar refractivity (Wildman–Crippen MR) is 67.8 cm³/mol. The molecule has 2 rings (SSSR count). The van der Waals surface area contributed by atoms with Gasteiger partial charge < -0.3 is 15.4 Å². The van der Waals surface area contributed by atoms with Crippen molar-refractivity contribution in [1.82, 2.24) is 4.90 Å². The fourth-order valence-electron chi connectivity index (χ4n) is 2.01. The highest BCUT2D eigenvalue weighted by molar-refractivity contribution is 7.09. The first-order valence-corrected chi connectivity index (χ1v) is 6.79. The van der Waals surface area contributed by atoms with Gasteiger partial charge in [0.25, 0.3) is 0 Å². The van der Waals surface area contributed by atoms with Crippen molar-refractivity contribution >= 4 is 17.2 Å². The summed E-state index contributed by atoms with van der Waals surface area (Å²) in [5.41, 5.74) is 5.45. The Bertz CT molecular complexity index is 347. The van der Waals surface area contributed by atoms with Crippen LogP contribution in [-0.4, -0.2) is 36.6 Å². The zero-order valence-corrected chi connectivity index (χ0v) is 10.6. The molecule has 5 heteroatoms. The van der Waals surface area contributed by atoms with E-state index in [1.807, 2.05) is 22.4 Å². The van der Waals surface area contributed by atoms with Gasteiger partial charge in [0.05, 0.1) is 19.2 Å². The van der Waals surface area contributed by atoms with Crippen LogP contribution < -0.4 is 5.73 Å². The number of thiophene rings is 1. The van der Waals surface area contributed by atoms with E-state index in [1.54, 1.807) is 11.3 Å². The number of carbonyl (C=O) groups is 1. The molecule has 94 valence electrons. The Kier molecular flexibility index (Phi) is 4.53. The maximum atomic E-state index is 11.8. The number of hydrogen-bond donors (Lipinski definition) is 1. The van der Waals surface area contributed by atoms with Gasteiger partial charge in [-0.15, -0.1) is 11.3 Å². The summed E-state index contributed by atoms with van der Waals surface area (Å²) in [4.78, 5) is 14.8. The van der Waals surface area contributed by atoms with Crippen molar-refractivity contribution in [1.29, 1.82) is 0 Å². The maximum absolute atomic E-state index is 11.8. The predicted octanol–water partition coefficient (Wildman–Crippen LogP) is 1.21. The molecule has 0 aromatic carbocycles. The van der Waals surface area contributed by atoms with E-state index >= 15 is 0 Å². The fourth-order valence-corrected chi connectivity index (χ4v) is 2.73. The molecular formula is C12H18N2O2S. The minimum absolute atomic E-state index is 0.00565. The van der Waals surface area contributed by atoms with Crippen LogP contribution in [-0.2, 0) is 16.1 Å². The van der Waals surface area contributed by atoms with Crippen molar-refractivity contribution in [2.24, 2.45) is 5.73 Å². The Hall–Kier alpha value is -0.910. The molecule has 0 bridgehead atoms. The highest BCUT2D eigenvalue weighted by Crippen LogP contribution is 2.17. The van der Waals surface area contributed by atoms with Crippen LogP contribution >= 0.6 is 11.3 Å². The third kappa shape index (κ3) is 3.52. The molecule has 0 radical (unpaired) electrons. The Labute approximate surface area is 105 Å². The van der Waals surface area contributed by atoms with E-state index in [9.17, 15) is 4.79 Å². The number of ether oxygens (including phenoxy) is 1. The minimum atomic E-state index is -0.00565. The zero-order chi connectivity index (χ0) is 12.1. The summed E-state index contributed by atoms with van der Waals surface area (Å²) in [7, 11) is 0. The van der Waals surface area contributed by atoms with Crippen LogP contribution in [0, 0.1) is 0 Å². The lowest BCUT2D eigenvalue weighted by atomic mass is 10.2. The van der Waals surface area contributed by atoms with E-state index in [4.69, 9.17) is 10.5 Å². The smallest absolute Gasteiger partial charge is 0.236 e. The van der Waals surface area contributed by atoms with Gasteiger partial charge in [0.15, 0.2) is 0 Å². The molecule has 1 aliphatic rings. The molecule has 1 aliphatic heterocycles. The summed E-state index contributed by atoms with van der Waals surface area (Å²) in [5, 5.41) is 2.02. The summed E-state index contributed by atoms with van der Waals surface area (Å²) in [6.07, 6.45) is 2.32. The summed E-state index contributed by atoms with van der Waals surface area (Å²) >= 11 is 1.66. The second-order valence-corrected chi connectivity index (χ2v) is 5.23. The molecule has 17 heavy (non-hydrogen) atoms. The van der Waals surface area contributed by atoms with Gasteiger partial charge >= 0.3 is 0 Å². The van der Waals surface area contributed by atoms with Gasteiger partial charge in [0.2, 0.25) is 5.91 Å². The van der Waals surface area contributed by atoms with E-state index < -0.39 is 0 Å². The monoisotopic (exact) mass is 254 g/mol. The molecule has 0 saturated carbocycles.